The van der Waals surface area contributed by atoms with Crippen LogP contribution >= 0.6 is 23.2 Å². The summed E-state index contributed by atoms with van der Waals surface area (Å²) >= 11 is 12.4. The van der Waals surface area contributed by atoms with Crippen LogP contribution < -0.4 is 5.84 Å². The molecular formula is C19H21Cl2N5O. The largest absolute Gasteiger partial charge is 0.440 e. The van der Waals surface area contributed by atoms with Gasteiger partial charge in [-0.2, -0.15) is 5.10 Å². The van der Waals surface area contributed by atoms with Crippen LogP contribution in [0.3, 0.4) is 0 Å². The summed E-state index contributed by atoms with van der Waals surface area (Å²) in [7, 11) is 0. The van der Waals surface area contributed by atoms with Crippen molar-refractivity contribution < 1.29 is 4.74 Å². The molecule has 0 atom stereocenters. The van der Waals surface area contributed by atoms with E-state index in [4.69, 9.17) is 33.8 Å². The highest BCUT2D eigenvalue weighted by molar-refractivity contribution is 6.35. The van der Waals surface area contributed by atoms with Crippen LogP contribution in [0.2, 0.25) is 10.0 Å². The second kappa shape index (κ2) is 7.38. The number of nitrogens with two attached hydrogens (primary N) is 1. The number of rotatable bonds is 4. The van der Waals surface area contributed by atoms with Gasteiger partial charge in [-0.15, -0.1) is 0 Å². The molecule has 8 heteroatoms. The molecule has 142 valence electrons. The summed E-state index contributed by atoms with van der Waals surface area (Å²) < 4.78 is 7.82. The van der Waals surface area contributed by atoms with Crippen LogP contribution in [-0.4, -0.2) is 19.8 Å². The van der Waals surface area contributed by atoms with E-state index >= 15 is 0 Å². The second-order valence-corrected chi connectivity index (χ2v) is 7.12. The number of nitrogens with zero attached hydrogens (tertiary/aromatic N) is 4. The minimum absolute atomic E-state index is 0.424. The van der Waals surface area contributed by atoms with Crippen molar-refractivity contribution in [3.63, 3.8) is 0 Å². The number of benzene rings is 1. The highest BCUT2D eigenvalue weighted by atomic mass is 35.5. The summed E-state index contributed by atoms with van der Waals surface area (Å²) in [6.07, 6.45) is 0.629. The van der Waals surface area contributed by atoms with Gasteiger partial charge < -0.3 is 4.74 Å². The number of hydrazine groups is 1. The molecule has 0 fully saturated rings. The molecular weight excluding hydrogens is 385 g/mol. The molecule has 2 heterocycles. The average Bonchev–Trinajstić information content (AvgIpc) is 3.08. The van der Waals surface area contributed by atoms with E-state index in [0.29, 0.717) is 51.2 Å². The van der Waals surface area contributed by atoms with Crippen LogP contribution in [-0.2, 0) is 4.74 Å². The van der Waals surface area contributed by atoms with Crippen molar-refractivity contribution in [3.05, 3.63) is 69.3 Å². The van der Waals surface area contributed by atoms with E-state index in [2.05, 4.69) is 16.7 Å². The van der Waals surface area contributed by atoms with E-state index < -0.39 is 0 Å². The van der Waals surface area contributed by atoms with Gasteiger partial charge in [-0.25, -0.2) is 20.5 Å². The lowest BCUT2D eigenvalue weighted by atomic mass is 10.1. The third kappa shape index (κ3) is 3.48. The molecule has 0 saturated heterocycles. The number of aromatic nitrogens is 3. The molecule has 1 aromatic heterocycles. The van der Waals surface area contributed by atoms with E-state index in [0.717, 1.165) is 11.1 Å². The Morgan fingerprint density at radius 1 is 1.30 bits per heavy atom. The molecule has 1 aliphatic heterocycles. The van der Waals surface area contributed by atoms with Gasteiger partial charge in [0, 0.05) is 17.0 Å². The Kier molecular flexibility index (Phi) is 5.33. The molecule has 0 radical (unpaired) electrons. The maximum atomic E-state index is 6.46. The van der Waals surface area contributed by atoms with Gasteiger partial charge in [0.25, 0.3) is 0 Å². The topological polar surface area (TPSA) is 69.2 Å². The molecule has 2 aromatic rings. The molecule has 27 heavy (non-hydrogen) atoms. The van der Waals surface area contributed by atoms with E-state index in [9.17, 15) is 0 Å². The van der Waals surface area contributed by atoms with Crippen molar-refractivity contribution in [1.29, 1.82) is 0 Å². The molecule has 0 unspecified atom stereocenters. The van der Waals surface area contributed by atoms with Crippen molar-refractivity contribution >= 4 is 34.6 Å². The quantitative estimate of drug-likeness (QED) is 0.733. The standard InChI is InChI=1S/C19H21Cl2N5O/c1-6-16-18(14-8-7-13(20)9-15(14)21)25(22)19(27-16)17(10(2)3)26-12(5)23-11(4)24-26/h7-9H,2,6,22H2,1,3-5H3/b19-17-. The Morgan fingerprint density at radius 2 is 2.00 bits per heavy atom. The van der Waals surface area contributed by atoms with Crippen LogP contribution in [0.1, 0.15) is 37.5 Å². The van der Waals surface area contributed by atoms with Crippen molar-refractivity contribution in [1.82, 2.24) is 19.8 Å². The zero-order valence-corrected chi connectivity index (χ0v) is 17.2. The number of hydrogen-bond acceptors (Lipinski definition) is 5. The Morgan fingerprint density at radius 3 is 2.52 bits per heavy atom. The van der Waals surface area contributed by atoms with Gasteiger partial charge in [0.15, 0.2) is 0 Å². The van der Waals surface area contributed by atoms with Crippen molar-refractivity contribution in [2.45, 2.75) is 34.1 Å². The highest BCUT2D eigenvalue weighted by Gasteiger charge is 2.33. The monoisotopic (exact) mass is 405 g/mol. The van der Waals surface area contributed by atoms with Gasteiger partial charge in [0.1, 0.15) is 28.8 Å². The number of allylic oxidation sites excluding steroid dienone is 3. The van der Waals surface area contributed by atoms with Crippen LogP contribution in [0.25, 0.3) is 11.4 Å². The summed E-state index contributed by atoms with van der Waals surface area (Å²) in [5, 5.41) is 6.98. The predicted molar refractivity (Wildman–Crippen MR) is 108 cm³/mol. The first-order valence-corrected chi connectivity index (χ1v) is 9.22. The highest BCUT2D eigenvalue weighted by Crippen LogP contribution is 2.41. The van der Waals surface area contributed by atoms with Gasteiger partial charge in [-0.05, 0) is 44.5 Å². The fourth-order valence-corrected chi connectivity index (χ4v) is 3.50. The van der Waals surface area contributed by atoms with E-state index in [1.807, 2.05) is 33.8 Å². The second-order valence-electron chi connectivity index (χ2n) is 6.27. The minimum Gasteiger partial charge on any atom is -0.440 e. The maximum Gasteiger partial charge on any atom is 0.241 e. The van der Waals surface area contributed by atoms with Gasteiger partial charge in [-0.3, -0.25) is 0 Å². The molecule has 1 aliphatic rings. The molecule has 0 bridgehead atoms. The average molecular weight is 406 g/mol. The Bertz CT molecular complexity index is 990. The van der Waals surface area contributed by atoms with Crippen LogP contribution in [0, 0.1) is 13.8 Å². The summed E-state index contributed by atoms with van der Waals surface area (Å²) in [5.74, 6) is 8.95. The number of ether oxygens (including phenoxy) is 1. The SMILES string of the molecule is C=C(C)/C(=C1/OC(CC)=C(c2ccc(Cl)cc2Cl)N1N)n1nc(C)nc1C. The predicted octanol–water partition coefficient (Wildman–Crippen LogP) is 4.89. The van der Waals surface area contributed by atoms with Crippen LogP contribution in [0.4, 0.5) is 0 Å². The molecule has 0 aliphatic carbocycles. The molecule has 0 saturated carbocycles. The van der Waals surface area contributed by atoms with E-state index in [1.54, 1.807) is 16.8 Å². The Labute approximate surface area is 168 Å². The normalized spacial score (nSPS) is 16.0. The fourth-order valence-electron chi connectivity index (χ4n) is 3.00. The van der Waals surface area contributed by atoms with Crippen LogP contribution in [0.15, 0.2) is 42.0 Å². The van der Waals surface area contributed by atoms with E-state index in [1.165, 1.54) is 5.01 Å². The molecule has 6 nitrogen and oxygen atoms in total. The van der Waals surface area contributed by atoms with Gasteiger partial charge in [0.2, 0.25) is 5.88 Å². The number of aryl methyl sites for hydroxylation is 2. The molecule has 3 rings (SSSR count). The lowest BCUT2D eigenvalue weighted by molar-refractivity contribution is 0.248. The van der Waals surface area contributed by atoms with Gasteiger partial charge >= 0.3 is 0 Å². The Hall–Kier alpha value is -2.28. The van der Waals surface area contributed by atoms with E-state index in [-0.39, 0.29) is 0 Å². The van der Waals surface area contributed by atoms with Gasteiger partial charge in [0.05, 0.1) is 5.02 Å². The minimum atomic E-state index is 0.424. The lowest BCUT2D eigenvalue weighted by Crippen LogP contribution is -2.28. The first-order chi connectivity index (χ1) is 12.7. The maximum absolute atomic E-state index is 6.46. The molecule has 0 spiro atoms. The number of hydrogen-bond donors (Lipinski definition) is 1. The summed E-state index contributed by atoms with van der Waals surface area (Å²) in [4.78, 5) is 4.36. The zero-order chi connectivity index (χ0) is 19.9. The fraction of sp³-hybridized carbons (Fsp3) is 0.263. The summed E-state index contributed by atoms with van der Waals surface area (Å²) in [5.41, 5.74) is 2.80. The van der Waals surface area contributed by atoms with Gasteiger partial charge in [-0.1, -0.05) is 36.7 Å². The Balaban J connectivity index is 2.18. The van der Waals surface area contributed by atoms with Crippen molar-refractivity contribution in [2.75, 3.05) is 0 Å². The van der Waals surface area contributed by atoms with Crippen molar-refractivity contribution in [2.24, 2.45) is 5.84 Å². The first kappa shape index (κ1) is 19.5. The zero-order valence-electron chi connectivity index (χ0n) is 15.7. The summed E-state index contributed by atoms with van der Waals surface area (Å²) in [6, 6.07) is 5.27. The summed E-state index contributed by atoms with van der Waals surface area (Å²) in [6.45, 7) is 11.6. The van der Waals surface area contributed by atoms with Crippen LogP contribution in [0.5, 0.6) is 0 Å². The third-order valence-corrected chi connectivity index (χ3v) is 4.69. The first-order valence-electron chi connectivity index (χ1n) is 8.46. The lowest BCUT2D eigenvalue weighted by Gasteiger charge is -2.20. The molecule has 1 aromatic carbocycles. The smallest absolute Gasteiger partial charge is 0.241 e. The number of halogens is 2. The third-order valence-electron chi connectivity index (χ3n) is 4.14. The molecule has 2 N–H and O–H groups in total. The molecule has 0 amide bonds. The van der Waals surface area contributed by atoms with Crippen molar-refractivity contribution in [3.8, 4) is 0 Å².